The second-order valence-electron chi connectivity index (χ2n) is 3.56. The van der Waals surface area contributed by atoms with Gasteiger partial charge in [-0.25, -0.2) is 0 Å². The molecular formula is C12H21O6P. The van der Waals surface area contributed by atoms with E-state index in [2.05, 4.69) is 0 Å². The van der Waals surface area contributed by atoms with Crippen LogP contribution in [0.15, 0.2) is 18.2 Å². The molecule has 0 saturated heterocycles. The summed E-state index contributed by atoms with van der Waals surface area (Å²) in [6, 6.07) is 5.32. The van der Waals surface area contributed by atoms with Crippen molar-refractivity contribution >= 4 is 12.8 Å². The topological polar surface area (TPSA) is 55.4 Å². The van der Waals surface area contributed by atoms with Gasteiger partial charge in [0, 0.05) is 0 Å². The minimum atomic E-state index is -3.92. The van der Waals surface area contributed by atoms with E-state index in [1.807, 2.05) is 0 Å². The van der Waals surface area contributed by atoms with Crippen molar-refractivity contribution in [3.05, 3.63) is 18.2 Å². The normalized spacial score (nSPS) is 13.7. The van der Waals surface area contributed by atoms with Gasteiger partial charge >= 0.3 is 113 Å². The molecule has 6 nitrogen and oxygen atoms in total. The van der Waals surface area contributed by atoms with Crippen LogP contribution in [0.1, 0.15) is 0 Å². The summed E-state index contributed by atoms with van der Waals surface area (Å²) in [6.45, 7) is 0. The van der Waals surface area contributed by atoms with Crippen LogP contribution in [0.3, 0.4) is 0 Å². The number of ether oxygens (including phenoxy) is 2. The Morgan fingerprint density at radius 2 is 1.26 bits per heavy atom. The van der Waals surface area contributed by atoms with E-state index in [0.717, 1.165) is 0 Å². The molecule has 0 amide bonds. The van der Waals surface area contributed by atoms with Crippen molar-refractivity contribution in [1.29, 1.82) is 0 Å². The predicted molar refractivity (Wildman–Crippen MR) is 74.1 cm³/mol. The molecule has 0 aromatic heterocycles. The van der Waals surface area contributed by atoms with Crippen LogP contribution in [-0.4, -0.2) is 42.7 Å². The molecule has 0 fully saturated rings. The molecule has 1 aromatic carbocycles. The van der Waals surface area contributed by atoms with Crippen LogP contribution >= 0.6 is 7.51 Å². The first-order valence-electron chi connectivity index (χ1n) is 5.56. The van der Waals surface area contributed by atoms with Gasteiger partial charge in [-0.15, -0.1) is 0 Å². The van der Waals surface area contributed by atoms with Gasteiger partial charge in [-0.3, -0.25) is 0 Å². The SMILES string of the molecule is COc1cccc(P(OC)(OC)(OC)OC)c1OC. The van der Waals surface area contributed by atoms with Gasteiger partial charge in [-0.05, 0) is 0 Å². The average molecular weight is 292 g/mol. The van der Waals surface area contributed by atoms with Crippen LogP contribution in [0.4, 0.5) is 0 Å². The quantitative estimate of drug-likeness (QED) is 0.718. The van der Waals surface area contributed by atoms with Gasteiger partial charge in [0.1, 0.15) is 0 Å². The molecule has 7 heteroatoms. The zero-order chi connectivity index (χ0) is 14.5. The Morgan fingerprint density at radius 3 is 1.63 bits per heavy atom. The van der Waals surface area contributed by atoms with E-state index >= 15 is 0 Å². The molecular weight excluding hydrogens is 271 g/mol. The second-order valence-corrected chi connectivity index (χ2v) is 7.12. The fourth-order valence-electron chi connectivity index (χ4n) is 2.00. The van der Waals surface area contributed by atoms with Crippen molar-refractivity contribution in [2.45, 2.75) is 0 Å². The number of methoxy groups -OCH3 is 2. The maximum absolute atomic E-state index is 5.53. The van der Waals surface area contributed by atoms with Crippen molar-refractivity contribution in [2.75, 3.05) is 42.7 Å². The first-order valence-corrected chi connectivity index (χ1v) is 7.46. The molecule has 19 heavy (non-hydrogen) atoms. The molecule has 0 bridgehead atoms. The van der Waals surface area contributed by atoms with E-state index in [4.69, 9.17) is 27.6 Å². The van der Waals surface area contributed by atoms with E-state index in [0.29, 0.717) is 16.8 Å². The summed E-state index contributed by atoms with van der Waals surface area (Å²) in [5.41, 5.74) is 0. The van der Waals surface area contributed by atoms with Crippen molar-refractivity contribution in [3.8, 4) is 11.5 Å². The van der Waals surface area contributed by atoms with Gasteiger partial charge in [0.05, 0.1) is 0 Å². The number of benzene rings is 1. The van der Waals surface area contributed by atoms with Crippen LogP contribution in [0.25, 0.3) is 0 Å². The molecule has 0 saturated carbocycles. The van der Waals surface area contributed by atoms with Crippen LogP contribution in [0.2, 0.25) is 0 Å². The van der Waals surface area contributed by atoms with Crippen LogP contribution < -0.4 is 14.8 Å². The number of rotatable bonds is 7. The van der Waals surface area contributed by atoms with Crippen LogP contribution in [0, 0.1) is 0 Å². The van der Waals surface area contributed by atoms with Gasteiger partial charge in [-0.2, -0.15) is 0 Å². The molecule has 0 heterocycles. The van der Waals surface area contributed by atoms with Gasteiger partial charge in [0.15, 0.2) is 0 Å². The molecule has 1 rings (SSSR count). The second kappa shape index (κ2) is 6.03. The molecule has 0 atom stereocenters. The van der Waals surface area contributed by atoms with Crippen LogP contribution in [0.5, 0.6) is 11.5 Å². The molecule has 0 aliphatic rings. The number of para-hydroxylation sites is 1. The average Bonchev–Trinajstić information content (AvgIpc) is 2.50. The zero-order valence-corrected chi connectivity index (χ0v) is 13.0. The number of hydrogen-bond donors (Lipinski definition) is 0. The molecule has 0 aliphatic heterocycles. The Hall–Kier alpha value is -0.910. The zero-order valence-electron chi connectivity index (χ0n) is 12.1. The molecule has 1 aromatic rings. The summed E-state index contributed by atoms with van der Waals surface area (Å²) in [5, 5.41) is 0.530. The van der Waals surface area contributed by atoms with E-state index in [1.54, 1.807) is 25.3 Å². The maximum atomic E-state index is 5.53. The Balaban J connectivity index is 3.65. The molecule has 0 radical (unpaired) electrons. The molecule has 0 unspecified atom stereocenters. The van der Waals surface area contributed by atoms with Gasteiger partial charge in [0.25, 0.3) is 0 Å². The predicted octanol–water partition coefficient (Wildman–Crippen LogP) is 2.13. The van der Waals surface area contributed by atoms with Gasteiger partial charge < -0.3 is 0 Å². The Kier molecular flexibility index (Phi) is 5.12. The van der Waals surface area contributed by atoms with E-state index in [1.165, 1.54) is 35.5 Å². The summed E-state index contributed by atoms with van der Waals surface area (Å²) >= 11 is 0. The molecule has 0 N–H and O–H groups in total. The van der Waals surface area contributed by atoms with E-state index in [9.17, 15) is 0 Å². The third-order valence-electron chi connectivity index (χ3n) is 3.04. The Morgan fingerprint density at radius 1 is 0.737 bits per heavy atom. The van der Waals surface area contributed by atoms with E-state index < -0.39 is 7.51 Å². The fraction of sp³-hybridized carbons (Fsp3) is 0.500. The van der Waals surface area contributed by atoms with Crippen molar-refractivity contribution < 1.29 is 27.6 Å². The molecule has 110 valence electrons. The summed E-state index contributed by atoms with van der Waals surface area (Å²) < 4.78 is 32.8. The first-order chi connectivity index (χ1) is 9.07. The first kappa shape index (κ1) is 16.1. The van der Waals surface area contributed by atoms with Gasteiger partial charge in [0.2, 0.25) is 0 Å². The van der Waals surface area contributed by atoms with Crippen molar-refractivity contribution in [2.24, 2.45) is 0 Å². The summed E-state index contributed by atoms with van der Waals surface area (Å²) in [4.78, 5) is 0. The Labute approximate surface area is 113 Å². The minimum absolute atomic E-state index is 0.454. The van der Waals surface area contributed by atoms with Gasteiger partial charge in [-0.1, -0.05) is 0 Å². The third-order valence-corrected chi connectivity index (χ3v) is 6.69. The fourth-order valence-corrected chi connectivity index (χ4v) is 4.54. The summed E-state index contributed by atoms with van der Waals surface area (Å²) in [6.07, 6.45) is 0. The van der Waals surface area contributed by atoms with Crippen molar-refractivity contribution in [3.63, 3.8) is 0 Å². The van der Waals surface area contributed by atoms with Crippen LogP contribution in [-0.2, 0) is 18.1 Å². The molecule has 0 spiro atoms. The monoisotopic (exact) mass is 292 g/mol. The number of hydrogen-bond acceptors (Lipinski definition) is 6. The molecule has 0 aliphatic carbocycles. The van der Waals surface area contributed by atoms with Crippen molar-refractivity contribution in [1.82, 2.24) is 0 Å². The third kappa shape index (κ3) is 2.30. The standard InChI is InChI=1S/C12H21O6P/c1-13-10-8-7-9-11(12(10)14-2)19(15-3,16-4,17-5)18-6/h7-9H,1-6H3. The summed E-state index contributed by atoms with van der Waals surface area (Å²) in [5.74, 6) is 0.993. The summed E-state index contributed by atoms with van der Waals surface area (Å²) in [7, 11) is 5.02. The van der Waals surface area contributed by atoms with E-state index in [-0.39, 0.29) is 0 Å². The Bertz CT molecular complexity index is 409.